The van der Waals surface area contributed by atoms with E-state index in [0.717, 1.165) is 0 Å². The fraction of sp³-hybridized carbons (Fsp3) is 0.455. The van der Waals surface area contributed by atoms with Gasteiger partial charge < -0.3 is 10.1 Å². The highest BCUT2D eigenvalue weighted by Gasteiger charge is 2.12. The summed E-state index contributed by atoms with van der Waals surface area (Å²) < 4.78 is 5.15. The number of benzene rings is 1. The normalized spacial score (nSPS) is 10.5. The van der Waals surface area contributed by atoms with Crippen LogP contribution in [0.3, 0.4) is 0 Å². The van der Waals surface area contributed by atoms with E-state index >= 15 is 0 Å². The molecule has 5 nitrogen and oxygen atoms in total. The minimum Gasteiger partial charge on any atom is -0.380 e. The highest BCUT2D eigenvalue weighted by atomic mass is 35.5. The maximum atomic E-state index is 10.8. The van der Waals surface area contributed by atoms with Crippen molar-refractivity contribution in [1.29, 1.82) is 0 Å². The zero-order chi connectivity index (χ0) is 12.7. The standard InChI is InChI=1S/C11H15ClN2O3/c1-2-17-6-5-13-8-9-7-10(12)3-4-11(9)14(15)16/h3-4,7,13H,2,5-6,8H2,1H3. The second kappa shape index (κ2) is 7.21. The van der Waals surface area contributed by atoms with E-state index in [1.165, 1.54) is 12.1 Å². The molecular formula is C11H15ClN2O3. The van der Waals surface area contributed by atoms with E-state index in [4.69, 9.17) is 16.3 Å². The van der Waals surface area contributed by atoms with Crippen molar-refractivity contribution >= 4 is 17.3 Å². The van der Waals surface area contributed by atoms with Crippen LogP contribution < -0.4 is 5.32 Å². The Morgan fingerprint density at radius 2 is 2.29 bits per heavy atom. The summed E-state index contributed by atoms with van der Waals surface area (Å²) in [6.07, 6.45) is 0. The van der Waals surface area contributed by atoms with Crippen LogP contribution in [0.5, 0.6) is 0 Å². The Kier molecular flexibility index (Phi) is 5.90. The van der Waals surface area contributed by atoms with E-state index < -0.39 is 4.92 Å². The molecule has 0 aromatic heterocycles. The van der Waals surface area contributed by atoms with Crippen molar-refractivity contribution in [3.8, 4) is 0 Å². The molecule has 0 aliphatic rings. The van der Waals surface area contributed by atoms with Crippen molar-refractivity contribution in [2.75, 3.05) is 19.8 Å². The Balaban J connectivity index is 2.56. The number of rotatable bonds is 7. The number of nitro groups is 1. The van der Waals surface area contributed by atoms with Gasteiger partial charge in [0.05, 0.1) is 11.5 Å². The molecule has 0 fully saturated rings. The summed E-state index contributed by atoms with van der Waals surface area (Å²) in [6, 6.07) is 4.54. The molecule has 0 amide bonds. The molecule has 6 heteroatoms. The molecule has 0 heterocycles. The van der Waals surface area contributed by atoms with Gasteiger partial charge in [0, 0.05) is 36.3 Å². The lowest BCUT2D eigenvalue weighted by molar-refractivity contribution is -0.385. The Labute approximate surface area is 105 Å². The molecule has 1 aromatic carbocycles. The molecule has 0 aliphatic carbocycles. The van der Waals surface area contributed by atoms with Gasteiger partial charge in [-0.25, -0.2) is 0 Å². The first-order chi connectivity index (χ1) is 8.15. The number of nitrogens with one attached hydrogen (secondary N) is 1. The van der Waals surface area contributed by atoms with Gasteiger partial charge in [-0.2, -0.15) is 0 Å². The smallest absolute Gasteiger partial charge is 0.273 e. The van der Waals surface area contributed by atoms with Crippen molar-refractivity contribution in [1.82, 2.24) is 5.32 Å². The molecule has 0 aliphatic heterocycles. The number of hydrogen-bond donors (Lipinski definition) is 1. The predicted molar refractivity (Wildman–Crippen MR) is 66.3 cm³/mol. The lowest BCUT2D eigenvalue weighted by Gasteiger charge is -2.06. The van der Waals surface area contributed by atoms with Gasteiger partial charge in [0.25, 0.3) is 5.69 Å². The second-order valence-electron chi connectivity index (χ2n) is 3.40. The number of nitrogens with zero attached hydrogens (tertiary/aromatic N) is 1. The maximum Gasteiger partial charge on any atom is 0.273 e. The Bertz CT molecular complexity index is 385. The van der Waals surface area contributed by atoms with Crippen molar-refractivity contribution in [3.63, 3.8) is 0 Å². The van der Waals surface area contributed by atoms with Gasteiger partial charge in [-0.3, -0.25) is 10.1 Å². The highest BCUT2D eigenvalue weighted by molar-refractivity contribution is 6.30. The van der Waals surface area contributed by atoms with Gasteiger partial charge in [0.1, 0.15) is 0 Å². The van der Waals surface area contributed by atoms with Gasteiger partial charge in [-0.05, 0) is 19.1 Å². The number of halogens is 1. The van der Waals surface area contributed by atoms with Crippen LogP contribution in [0, 0.1) is 10.1 Å². The van der Waals surface area contributed by atoms with E-state index in [2.05, 4.69) is 5.32 Å². The summed E-state index contributed by atoms with van der Waals surface area (Å²) in [5.74, 6) is 0. The van der Waals surface area contributed by atoms with E-state index in [-0.39, 0.29) is 5.69 Å². The third-order valence-electron chi connectivity index (χ3n) is 2.18. The summed E-state index contributed by atoms with van der Waals surface area (Å²) >= 11 is 5.81. The molecule has 1 aromatic rings. The number of nitro benzene ring substituents is 1. The van der Waals surface area contributed by atoms with Crippen LogP contribution in [0.15, 0.2) is 18.2 Å². The monoisotopic (exact) mass is 258 g/mol. The molecule has 17 heavy (non-hydrogen) atoms. The minimum absolute atomic E-state index is 0.0818. The van der Waals surface area contributed by atoms with Crippen LogP contribution in [0.2, 0.25) is 5.02 Å². The van der Waals surface area contributed by atoms with E-state index in [9.17, 15) is 10.1 Å². The van der Waals surface area contributed by atoms with Crippen LogP contribution in [0.25, 0.3) is 0 Å². The topological polar surface area (TPSA) is 64.4 Å². The van der Waals surface area contributed by atoms with Crippen LogP contribution >= 0.6 is 11.6 Å². The van der Waals surface area contributed by atoms with Gasteiger partial charge in [0.15, 0.2) is 0 Å². The zero-order valence-corrected chi connectivity index (χ0v) is 10.4. The van der Waals surface area contributed by atoms with E-state index in [0.29, 0.717) is 36.9 Å². The first-order valence-corrected chi connectivity index (χ1v) is 5.74. The maximum absolute atomic E-state index is 10.8. The molecule has 0 atom stereocenters. The van der Waals surface area contributed by atoms with E-state index in [1.54, 1.807) is 6.07 Å². The third kappa shape index (κ3) is 4.68. The van der Waals surface area contributed by atoms with Crippen LogP contribution in [-0.4, -0.2) is 24.7 Å². The van der Waals surface area contributed by atoms with Gasteiger partial charge in [-0.15, -0.1) is 0 Å². The summed E-state index contributed by atoms with van der Waals surface area (Å²) in [6.45, 7) is 4.23. The number of hydrogen-bond acceptors (Lipinski definition) is 4. The van der Waals surface area contributed by atoms with Crippen LogP contribution in [0.4, 0.5) is 5.69 Å². The van der Waals surface area contributed by atoms with Crippen molar-refractivity contribution in [2.45, 2.75) is 13.5 Å². The largest absolute Gasteiger partial charge is 0.380 e. The van der Waals surface area contributed by atoms with Crippen molar-refractivity contribution < 1.29 is 9.66 Å². The summed E-state index contributed by atoms with van der Waals surface area (Å²) in [4.78, 5) is 10.4. The molecule has 0 saturated carbocycles. The van der Waals surface area contributed by atoms with E-state index in [1.807, 2.05) is 6.92 Å². The minimum atomic E-state index is -0.407. The Morgan fingerprint density at radius 3 is 2.94 bits per heavy atom. The fourth-order valence-electron chi connectivity index (χ4n) is 1.39. The zero-order valence-electron chi connectivity index (χ0n) is 9.61. The lowest BCUT2D eigenvalue weighted by atomic mass is 10.2. The first-order valence-electron chi connectivity index (χ1n) is 5.36. The molecule has 0 unspecified atom stereocenters. The van der Waals surface area contributed by atoms with Gasteiger partial charge in [-0.1, -0.05) is 11.6 Å². The fourth-order valence-corrected chi connectivity index (χ4v) is 1.58. The predicted octanol–water partition coefficient (Wildman–Crippen LogP) is 2.37. The van der Waals surface area contributed by atoms with Gasteiger partial charge >= 0.3 is 0 Å². The molecule has 1 N–H and O–H groups in total. The average Bonchev–Trinajstić information content (AvgIpc) is 2.28. The summed E-state index contributed by atoms with van der Waals surface area (Å²) in [5, 5.41) is 14.3. The quantitative estimate of drug-likeness (QED) is 0.463. The molecule has 0 saturated heterocycles. The summed E-state index contributed by atoms with van der Waals surface area (Å²) in [7, 11) is 0. The average molecular weight is 259 g/mol. The second-order valence-corrected chi connectivity index (χ2v) is 3.84. The molecule has 94 valence electrons. The SMILES string of the molecule is CCOCCNCc1cc(Cl)ccc1[N+](=O)[O-]. The third-order valence-corrected chi connectivity index (χ3v) is 2.42. The first kappa shape index (κ1) is 13.9. The highest BCUT2D eigenvalue weighted by Crippen LogP contribution is 2.22. The Hall–Kier alpha value is -1.17. The van der Waals surface area contributed by atoms with Crippen LogP contribution in [0.1, 0.15) is 12.5 Å². The molecule has 0 bridgehead atoms. The molecular weight excluding hydrogens is 244 g/mol. The van der Waals surface area contributed by atoms with Crippen molar-refractivity contribution in [2.24, 2.45) is 0 Å². The van der Waals surface area contributed by atoms with Gasteiger partial charge in [0.2, 0.25) is 0 Å². The lowest BCUT2D eigenvalue weighted by Crippen LogP contribution is -2.19. The Morgan fingerprint density at radius 1 is 1.53 bits per heavy atom. The molecule has 0 radical (unpaired) electrons. The summed E-state index contributed by atoms with van der Waals surface area (Å²) in [5.41, 5.74) is 0.664. The molecule has 1 rings (SSSR count). The van der Waals surface area contributed by atoms with Crippen LogP contribution in [-0.2, 0) is 11.3 Å². The van der Waals surface area contributed by atoms with Crippen molar-refractivity contribution in [3.05, 3.63) is 38.9 Å². The molecule has 0 spiro atoms. The number of ether oxygens (including phenoxy) is 1.